The normalized spacial score (nSPS) is 17.1. The van der Waals surface area contributed by atoms with Gasteiger partial charge in [0.2, 0.25) is 10.0 Å². The van der Waals surface area contributed by atoms with Crippen molar-refractivity contribution in [3.05, 3.63) is 71.8 Å². The minimum Gasteiger partial charge on any atom is -0.294 e. The Morgan fingerprint density at radius 1 is 0.880 bits per heavy atom. The molecule has 0 bridgehead atoms. The summed E-state index contributed by atoms with van der Waals surface area (Å²) in [5.74, 6) is -0.143. The first-order valence-corrected chi connectivity index (χ1v) is 10.2. The first-order chi connectivity index (χ1) is 12.1. The Kier molecular flexibility index (Phi) is 5.66. The van der Waals surface area contributed by atoms with Crippen molar-refractivity contribution >= 4 is 15.8 Å². The van der Waals surface area contributed by atoms with Crippen molar-refractivity contribution in [3.63, 3.8) is 0 Å². The molecule has 0 unspecified atom stereocenters. The second-order valence-electron chi connectivity index (χ2n) is 6.40. The maximum atomic E-state index is 13.2. The lowest BCUT2D eigenvalue weighted by Gasteiger charge is -2.30. The quantitative estimate of drug-likeness (QED) is 0.739. The van der Waals surface area contributed by atoms with Gasteiger partial charge in [0, 0.05) is 25.1 Å². The van der Waals surface area contributed by atoms with E-state index in [1.54, 1.807) is 40.7 Å². The standard InChI is InChI=1S/C20H23NO3S/c22-19(17-10-4-1-5-11-17)16-20(18-12-6-2-7-13-18)25(23,24)21-14-8-3-9-15-21/h1-2,4-7,10-13,20H,3,8-9,14-16H2/t20-/m1/s1. The lowest BCUT2D eigenvalue weighted by atomic mass is 10.0. The summed E-state index contributed by atoms with van der Waals surface area (Å²) in [6.45, 7) is 1.09. The molecule has 3 rings (SSSR count). The minimum atomic E-state index is -3.57. The SMILES string of the molecule is O=C(C[C@H](c1ccccc1)S(=O)(=O)N1CCCCC1)c1ccccc1. The van der Waals surface area contributed by atoms with Crippen LogP contribution in [0.1, 0.15) is 46.9 Å². The highest BCUT2D eigenvalue weighted by molar-refractivity contribution is 7.89. The first kappa shape index (κ1) is 17.8. The second-order valence-corrected chi connectivity index (χ2v) is 8.51. The molecule has 1 atom stereocenters. The van der Waals surface area contributed by atoms with Crippen LogP contribution in [-0.2, 0) is 10.0 Å². The van der Waals surface area contributed by atoms with E-state index in [1.807, 2.05) is 24.3 Å². The molecule has 2 aromatic carbocycles. The van der Waals surface area contributed by atoms with Gasteiger partial charge in [-0.25, -0.2) is 12.7 Å². The van der Waals surface area contributed by atoms with Crippen LogP contribution in [0.25, 0.3) is 0 Å². The zero-order chi connectivity index (χ0) is 17.7. The minimum absolute atomic E-state index is 0.0349. The Bertz CT molecular complexity index is 797. The highest BCUT2D eigenvalue weighted by Crippen LogP contribution is 2.32. The van der Waals surface area contributed by atoms with Crippen molar-refractivity contribution in [2.75, 3.05) is 13.1 Å². The van der Waals surface area contributed by atoms with Gasteiger partial charge < -0.3 is 0 Å². The molecule has 0 saturated carbocycles. The van der Waals surface area contributed by atoms with E-state index < -0.39 is 15.3 Å². The van der Waals surface area contributed by atoms with E-state index in [0.717, 1.165) is 19.3 Å². The van der Waals surface area contributed by atoms with Gasteiger partial charge in [0.15, 0.2) is 5.78 Å². The van der Waals surface area contributed by atoms with Crippen LogP contribution in [0, 0.1) is 0 Å². The summed E-state index contributed by atoms with van der Waals surface area (Å²) >= 11 is 0. The highest BCUT2D eigenvalue weighted by atomic mass is 32.2. The zero-order valence-electron chi connectivity index (χ0n) is 14.2. The number of rotatable bonds is 6. The predicted molar refractivity (Wildman–Crippen MR) is 98.9 cm³/mol. The van der Waals surface area contributed by atoms with Crippen molar-refractivity contribution in [1.82, 2.24) is 4.31 Å². The summed E-state index contributed by atoms with van der Waals surface area (Å²) in [5, 5.41) is -0.834. The second kappa shape index (κ2) is 7.93. The van der Waals surface area contributed by atoms with Gasteiger partial charge in [-0.1, -0.05) is 67.1 Å². The third kappa shape index (κ3) is 4.17. The van der Waals surface area contributed by atoms with E-state index in [1.165, 1.54) is 0 Å². The summed E-state index contributed by atoms with van der Waals surface area (Å²) in [5.41, 5.74) is 1.23. The van der Waals surface area contributed by atoms with E-state index in [9.17, 15) is 13.2 Å². The maximum absolute atomic E-state index is 13.2. The Balaban J connectivity index is 1.91. The van der Waals surface area contributed by atoms with E-state index in [2.05, 4.69) is 0 Å². The number of Topliss-reactive ketones (excluding diaryl/α,β-unsaturated/α-hetero) is 1. The Morgan fingerprint density at radius 2 is 1.44 bits per heavy atom. The molecule has 132 valence electrons. The first-order valence-electron chi connectivity index (χ1n) is 8.71. The summed E-state index contributed by atoms with van der Waals surface area (Å²) in [4.78, 5) is 12.7. The van der Waals surface area contributed by atoms with Gasteiger partial charge in [0.05, 0.1) is 0 Å². The number of sulfonamides is 1. The fourth-order valence-corrected chi connectivity index (χ4v) is 5.26. The van der Waals surface area contributed by atoms with Crippen LogP contribution in [0.3, 0.4) is 0 Å². The van der Waals surface area contributed by atoms with Crippen molar-refractivity contribution in [1.29, 1.82) is 0 Å². The Labute approximate surface area is 149 Å². The molecule has 1 fully saturated rings. The molecule has 1 aliphatic rings. The van der Waals surface area contributed by atoms with Gasteiger partial charge in [-0.15, -0.1) is 0 Å². The van der Waals surface area contributed by atoms with Crippen LogP contribution in [0.4, 0.5) is 0 Å². The van der Waals surface area contributed by atoms with Crippen LogP contribution in [0.2, 0.25) is 0 Å². The number of ketones is 1. The molecule has 0 amide bonds. The largest absolute Gasteiger partial charge is 0.294 e. The van der Waals surface area contributed by atoms with Crippen molar-refractivity contribution in [2.24, 2.45) is 0 Å². The van der Waals surface area contributed by atoms with Crippen molar-refractivity contribution in [3.8, 4) is 0 Å². The van der Waals surface area contributed by atoms with Gasteiger partial charge in [0.25, 0.3) is 0 Å². The summed E-state index contributed by atoms with van der Waals surface area (Å²) in [6.07, 6.45) is 2.79. The number of nitrogens with zero attached hydrogens (tertiary/aromatic N) is 1. The van der Waals surface area contributed by atoms with E-state index in [-0.39, 0.29) is 12.2 Å². The molecule has 25 heavy (non-hydrogen) atoms. The van der Waals surface area contributed by atoms with Crippen molar-refractivity contribution in [2.45, 2.75) is 30.9 Å². The molecule has 0 aliphatic carbocycles. The third-order valence-corrected chi connectivity index (χ3v) is 6.92. The molecule has 2 aromatic rings. The Hall–Kier alpha value is -1.98. The fourth-order valence-electron chi connectivity index (χ4n) is 3.27. The average molecular weight is 357 g/mol. The number of hydrogen-bond donors (Lipinski definition) is 0. The number of carbonyl (C=O) groups excluding carboxylic acids is 1. The van der Waals surface area contributed by atoms with E-state index in [4.69, 9.17) is 0 Å². The smallest absolute Gasteiger partial charge is 0.221 e. The topological polar surface area (TPSA) is 54.5 Å². The number of carbonyl (C=O) groups is 1. The van der Waals surface area contributed by atoms with Crippen LogP contribution in [0.5, 0.6) is 0 Å². The van der Waals surface area contributed by atoms with Crippen LogP contribution in [-0.4, -0.2) is 31.6 Å². The molecule has 1 saturated heterocycles. The number of hydrogen-bond acceptors (Lipinski definition) is 3. The van der Waals surface area contributed by atoms with Crippen LogP contribution >= 0.6 is 0 Å². The third-order valence-electron chi connectivity index (χ3n) is 4.67. The average Bonchev–Trinajstić information content (AvgIpc) is 2.68. The molecule has 0 spiro atoms. The molecule has 0 radical (unpaired) electrons. The van der Waals surface area contributed by atoms with Gasteiger partial charge in [-0.2, -0.15) is 0 Å². The fraction of sp³-hybridized carbons (Fsp3) is 0.350. The van der Waals surface area contributed by atoms with E-state index in [0.29, 0.717) is 24.2 Å². The van der Waals surface area contributed by atoms with Gasteiger partial charge in [0.1, 0.15) is 5.25 Å². The van der Waals surface area contributed by atoms with Gasteiger partial charge >= 0.3 is 0 Å². The monoisotopic (exact) mass is 357 g/mol. The van der Waals surface area contributed by atoms with Crippen LogP contribution in [0.15, 0.2) is 60.7 Å². The molecule has 0 N–H and O–H groups in total. The zero-order valence-corrected chi connectivity index (χ0v) is 15.0. The summed E-state index contributed by atoms with van der Waals surface area (Å²) in [7, 11) is -3.57. The molecule has 0 aromatic heterocycles. The molecule has 1 heterocycles. The molecule has 4 nitrogen and oxygen atoms in total. The summed E-state index contributed by atoms with van der Waals surface area (Å²) < 4.78 is 28.0. The van der Waals surface area contributed by atoms with Crippen molar-refractivity contribution < 1.29 is 13.2 Å². The lowest BCUT2D eigenvalue weighted by molar-refractivity contribution is 0.0980. The molecular weight excluding hydrogens is 334 g/mol. The number of benzene rings is 2. The highest BCUT2D eigenvalue weighted by Gasteiger charge is 2.35. The molecule has 1 aliphatic heterocycles. The summed E-state index contributed by atoms with van der Waals surface area (Å²) in [6, 6.07) is 18.0. The maximum Gasteiger partial charge on any atom is 0.221 e. The molecular formula is C20H23NO3S. The molecule has 5 heteroatoms. The van der Waals surface area contributed by atoms with Gasteiger partial charge in [-0.3, -0.25) is 4.79 Å². The predicted octanol–water partition coefficient (Wildman–Crippen LogP) is 3.82. The van der Waals surface area contributed by atoms with E-state index >= 15 is 0 Å². The van der Waals surface area contributed by atoms with Gasteiger partial charge in [-0.05, 0) is 18.4 Å². The van der Waals surface area contributed by atoms with Crippen LogP contribution < -0.4 is 0 Å². The lowest BCUT2D eigenvalue weighted by Crippen LogP contribution is -2.39. The number of piperidine rings is 1. The Morgan fingerprint density at radius 3 is 2.04 bits per heavy atom.